The van der Waals surface area contributed by atoms with Crippen molar-refractivity contribution in [2.24, 2.45) is 0 Å². The summed E-state index contributed by atoms with van der Waals surface area (Å²) < 4.78 is 32.9. The molecule has 0 unspecified atom stereocenters. The van der Waals surface area contributed by atoms with E-state index in [1.807, 2.05) is 6.92 Å². The van der Waals surface area contributed by atoms with E-state index in [-0.39, 0.29) is 5.97 Å². The lowest BCUT2D eigenvalue weighted by Crippen LogP contribution is -2.39. The number of carbonyl (C=O) groups excluding carboxylic acids is 1. The van der Waals surface area contributed by atoms with E-state index in [0.29, 0.717) is 19.4 Å². The van der Waals surface area contributed by atoms with E-state index in [4.69, 9.17) is 8.92 Å². The lowest BCUT2D eigenvalue weighted by atomic mass is 9.95. The number of aliphatic hydroxyl groups is 1. The number of carbonyl (C=O) groups is 1. The molecule has 0 bridgehead atoms. The van der Waals surface area contributed by atoms with Gasteiger partial charge in [0.25, 0.3) is 10.1 Å². The zero-order valence-corrected chi connectivity index (χ0v) is 21.9. The molecule has 0 amide bonds. The smallest absolute Gasteiger partial charge is 0.302 e. The molecule has 0 aromatic rings. The zero-order valence-electron chi connectivity index (χ0n) is 21.1. The summed E-state index contributed by atoms with van der Waals surface area (Å²) >= 11 is 0. The van der Waals surface area contributed by atoms with Crippen LogP contribution in [0.5, 0.6) is 0 Å². The van der Waals surface area contributed by atoms with Crippen molar-refractivity contribution in [2.45, 2.75) is 105 Å². The first-order chi connectivity index (χ1) is 14.7. The number of esters is 1. The molecule has 0 saturated carbocycles. The first kappa shape index (κ1) is 30.6. The molecule has 0 saturated heterocycles. The molecule has 0 radical (unpaired) electrons. The maximum absolute atomic E-state index is 11.4. The van der Waals surface area contributed by atoms with Gasteiger partial charge in [-0.15, -0.1) is 0 Å². The van der Waals surface area contributed by atoms with Crippen LogP contribution in [-0.4, -0.2) is 44.1 Å². The number of ether oxygens (including phenoxy) is 1. The highest BCUT2D eigenvalue weighted by molar-refractivity contribution is 7.86. The van der Waals surface area contributed by atoms with Gasteiger partial charge in [0.05, 0.1) is 18.5 Å². The fourth-order valence-electron chi connectivity index (χ4n) is 3.17. The minimum Gasteiger partial charge on any atom is -0.466 e. The largest absolute Gasteiger partial charge is 0.466 e. The third kappa shape index (κ3) is 18.2. The summed E-state index contributed by atoms with van der Waals surface area (Å²) in [6, 6.07) is 0. The van der Waals surface area contributed by atoms with Gasteiger partial charge in [-0.25, -0.2) is 0 Å². The maximum atomic E-state index is 11.4. The van der Waals surface area contributed by atoms with E-state index in [0.717, 1.165) is 50.4 Å². The Bertz CT molecular complexity index is 754. The molecule has 0 aliphatic carbocycles. The lowest BCUT2D eigenvalue weighted by molar-refractivity contribution is -0.141. The molecule has 0 heterocycles. The number of unbranched alkanes of at least 4 members (excludes halogenated alkanes) is 1. The molecule has 7 heteroatoms. The van der Waals surface area contributed by atoms with Crippen LogP contribution in [-0.2, 0) is 23.8 Å². The van der Waals surface area contributed by atoms with Crippen molar-refractivity contribution in [3.05, 3.63) is 34.9 Å². The van der Waals surface area contributed by atoms with Crippen molar-refractivity contribution >= 4 is 16.1 Å². The number of rotatable bonds is 16. The second-order valence-corrected chi connectivity index (χ2v) is 10.8. The van der Waals surface area contributed by atoms with Crippen LogP contribution in [0.1, 0.15) is 92.9 Å². The Morgan fingerprint density at radius 3 is 1.91 bits per heavy atom. The van der Waals surface area contributed by atoms with Gasteiger partial charge in [0.15, 0.2) is 0 Å². The summed E-state index contributed by atoms with van der Waals surface area (Å²) in [7, 11) is -3.62. The van der Waals surface area contributed by atoms with Gasteiger partial charge in [0, 0.05) is 6.92 Å². The molecule has 32 heavy (non-hydrogen) atoms. The van der Waals surface area contributed by atoms with Gasteiger partial charge in [-0.1, -0.05) is 34.9 Å². The predicted molar refractivity (Wildman–Crippen MR) is 131 cm³/mol. The number of hydrogen-bond donors (Lipinski definition) is 1. The first-order valence-electron chi connectivity index (χ1n) is 11.4. The standard InChI is InChI=1S/C25H44O6S/c1-20(12-8-9-13-21(2)16-11-19-30-23(4)26)14-10-15-22(3)17-18-24(25(5,6)27)31-32(7,28)29/h12-13,15,24,27H,8-11,14,16-19H2,1-7H3/b20-12+,21-13+,22-15+/t24-/m1/s1. The van der Waals surface area contributed by atoms with Crippen molar-refractivity contribution in [1.29, 1.82) is 0 Å². The summed E-state index contributed by atoms with van der Waals surface area (Å²) in [6.45, 7) is 11.3. The Hall–Kier alpha value is -1.44. The second-order valence-electron chi connectivity index (χ2n) is 9.19. The van der Waals surface area contributed by atoms with Crippen molar-refractivity contribution in [2.75, 3.05) is 12.9 Å². The van der Waals surface area contributed by atoms with Crippen molar-refractivity contribution in [3.63, 3.8) is 0 Å². The molecular weight excluding hydrogens is 428 g/mol. The molecule has 6 nitrogen and oxygen atoms in total. The molecule has 186 valence electrons. The lowest BCUT2D eigenvalue weighted by Gasteiger charge is -2.28. The molecule has 0 aromatic heterocycles. The summed E-state index contributed by atoms with van der Waals surface area (Å²) in [5.74, 6) is -0.225. The maximum Gasteiger partial charge on any atom is 0.302 e. The Labute approximate surface area is 195 Å². The van der Waals surface area contributed by atoms with E-state index in [1.54, 1.807) is 13.8 Å². The Kier molecular flexibility index (Phi) is 14.7. The minimum absolute atomic E-state index is 0.225. The average molecular weight is 473 g/mol. The zero-order chi connectivity index (χ0) is 24.8. The molecule has 0 spiro atoms. The summed E-state index contributed by atoms with van der Waals surface area (Å²) in [5.41, 5.74) is 2.62. The van der Waals surface area contributed by atoms with Crippen LogP contribution in [0.25, 0.3) is 0 Å². The first-order valence-corrected chi connectivity index (χ1v) is 13.2. The van der Waals surface area contributed by atoms with E-state index in [1.165, 1.54) is 18.1 Å². The van der Waals surface area contributed by atoms with Gasteiger partial charge in [-0.2, -0.15) is 8.42 Å². The third-order valence-corrected chi connectivity index (χ3v) is 5.67. The quantitative estimate of drug-likeness (QED) is 0.136. The van der Waals surface area contributed by atoms with Gasteiger partial charge in [-0.3, -0.25) is 8.98 Å². The topological polar surface area (TPSA) is 89.9 Å². The van der Waals surface area contributed by atoms with Crippen LogP contribution in [0.2, 0.25) is 0 Å². The minimum atomic E-state index is -3.62. The normalized spacial score (nSPS) is 15.1. The summed E-state index contributed by atoms with van der Waals surface area (Å²) in [5, 5.41) is 10.2. The van der Waals surface area contributed by atoms with Crippen molar-refractivity contribution in [3.8, 4) is 0 Å². The van der Waals surface area contributed by atoms with Crippen LogP contribution >= 0.6 is 0 Å². The van der Waals surface area contributed by atoms with Crippen LogP contribution in [0.15, 0.2) is 34.9 Å². The molecule has 1 atom stereocenters. The Morgan fingerprint density at radius 1 is 0.906 bits per heavy atom. The van der Waals surface area contributed by atoms with Crippen LogP contribution < -0.4 is 0 Å². The molecule has 0 aliphatic rings. The fraction of sp³-hybridized carbons (Fsp3) is 0.720. The summed E-state index contributed by atoms with van der Waals surface area (Å²) in [4.78, 5) is 10.7. The fourth-order valence-corrected chi connectivity index (χ4v) is 3.92. The molecular formula is C25H44O6S. The Morgan fingerprint density at radius 2 is 1.41 bits per heavy atom. The van der Waals surface area contributed by atoms with Gasteiger partial charge in [0.1, 0.15) is 6.10 Å². The van der Waals surface area contributed by atoms with E-state index >= 15 is 0 Å². The van der Waals surface area contributed by atoms with Gasteiger partial charge < -0.3 is 9.84 Å². The number of allylic oxidation sites excluding steroid dienone is 6. The van der Waals surface area contributed by atoms with Gasteiger partial charge in [0.2, 0.25) is 0 Å². The Balaban J connectivity index is 4.30. The summed E-state index contributed by atoms with van der Waals surface area (Å²) in [6.07, 6.45) is 13.8. The molecule has 0 aromatic carbocycles. The molecule has 0 aliphatic heterocycles. The van der Waals surface area contributed by atoms with Crippen molar-refractivity contribution in [1.82, 2.24) is 0 Å². The van der Waals surface area contributed by atoms with Crippen LogP contribution in [0.3, 0.4) is 0 Å². The van der Waals surface area contributed by atoms with Crippen LogP contribution in [0, 0.1) is 0 Å². The second kappa shape index (κ2) is 15.4. The van der Waals surface area contributed by atoms with Gasteiger partial charge >= 0.3 is 5.97 Å². The highest BCUT2D eigenvalue weighted by atomic mass is 32.2. The SMILES string of the molecule is CC(=O)OCCC/C(C)=C/CC/C=C(\C)CC/C=C(\C)CC[C@@H](OS(C)(=O)=O)C(C)(C)O. The molecule has 0 fully saturated rings. The average Bonchev–Trinajstić information content (AvgIpc) is 2.64. The monoisotopic (exact) mass is 472 g/mol. The number of hydrogen-bond acceptors (Lipinski definition) is 6. The molecule has 1 N–H and O–H groups in total. The third-order valence-electron chi connectivity index (χ3n) is 5.08. The van der Waals surface area contributed by atoms with E-state index in [9.17, 15) is 18.3 Å². The highest BCUT2D eigenvalue weighted by Crippen LogP contribution is 2.22. The highest BCUT2D eigenvalue weighted by Gasteiger charge is 2.30. The van der Waals surface area contributed by atoms with E-state index in [2.05, 4.69) is 32.1 Å². The van der Waals surface area contributed by atoms with Gasteiger partial charge in [-0.05, 0) is 86.0 Å². The van der Waals surface area contributed by atoms with E-state index < -0.39 is 21.8 Å². The predicted octanol–water partition coefficient (Wildman–Crippen LogP) is 5.62. The van der Waals surface area contributed by atoms with Crippen molar-refractivity contribution < 1.29 is 27.2 Å². The molecule has 0 rings (SSSR count). The van der Waals surface area contributed by atoms with Crippen LogP contribution in [0.4, 0.5) is 0 Å².